The van der Waals surface area contributed by atoms with E-state index in [1.807, 2.05) is 0 Å². The molecule has 0 saturated heterocycles. The molecule has 0 fully saturated rings. The van der Waals surface area contributed by atoms with Gasteiger partial charge in [0.1, 0.15) is 0 Å². The highest BCUT2D eigenvalue weighted by Crippen LogP contribution is 1.99. The Kier molecular flexibility index (Phi) is 5.35. The highest BCUT2D eigenvalue weighted by molar-refractivity contribution is 6.53. The van der Waals surface area contributed by atoms with Crippen LogP contribution in [0.5, 0.6) is 0 Å². The third kappa shape index (κ3) is 4.82. The Labute approximate surface area is 68.5 Å². The van der Waals surface area contributed by atoms with Gasteiger partial charge >= 0.3 is 0 Å². The lowest BCUT2D eigenvalue weighted by Gasteiger charge is -2.00. The second-order valence-electron chi connectivity index (χ2n) is 1.28. The van der Waals surface area contributed by atoms with Crippen molar-refractivity contribution in [1.29, 1.82) is 0 Å². The Hall–Kier alpha value is 0.340. The molecule has 0 bridgehead atoms. The summed E-state index contributed by atoms with van der Waals surface area (Å²) in [4.78, 5) is 9.48. The van der Waals surface area contributed by atoms with Crippen LogP contribution < -0.4 is 5.32 Å². The van der Waals surface area contributed by atoms with E-state index in [2.05, 4.69) is 5.32 Å². The van der Waals surface area contributed by atoms with Gasteiger partial charge in [-0.25, -0.2) is 0 Å². The van der Waals surface area contributed by atoms with Crippen LogP contribution in [0.2, 0.25) is 0 Å². The minimum absolute atomic E-state index is 0.367. The van der Waals surface area contributed by atoms with Gasteiger partial charge in [0.25, 0.3) is 5.91 Å². The van der Waals surface area contributed by atoms with Crippen LogP contribution in [0, 0.1) is 0 Å². The summed E-state index contributed by atoms with van der Waals surface area (Å²) in [6.07, 6.45) is 0. The standard InChI is InChI=1S/C4H6Cl3NO/c5-1-2-8-4(9)3(6)7/h3H,1-2H2,(H,8,9). The van der Waals surface area contributed by atoms with Gasteiger partial charge in [-0.05, 0) is 0 Å². The fraction of sp³-hybridized carbons (Fsp3) is 0.750. The molecule has 0 unspecified atom stereocenters. The van der Waals surface area contributed by atoms with Gasteiger partial charge in [0, 0.05) is 12.4 Å². The molecular formula is C4H6Cl3NO. The van der Waals surface area contributed by atoms with Gasteiger partial charge < -0.3 is 5.32 Å². The smallest absolute Gasteiger partial charge is 0.253 e. The predicted molar refractivity (Wildman–Crippen MR) is 39.2 cm³/mol. The molecule has 0 saturated carbocycles. The Balaban J connectivity index is 3.28. The number of rotatable bonds is 3. The summed E-state index contributed by atoms with van der Waals surface area (Å²) in [6, 6.07) is 0. The van der Waals surface area contributed by atoms with E-state index < -0.39 is 10.7 Å². The van der Waals surface area contributed by atoms with Gasteiger partial charge in [-0.1, -0.05) is 23.2 Å². The van der Waals surface area contributed by atoms with Gasteiger partial charge in [-0.2, -0.15) is 0 Å². The van der Waals surface area contributed by atoms with Crippen molar-refractivity contribution in [3.05, 3.63) is 0 Å². The molecule has 2 nitrogen and oxygen atoms in total. The number of hydrogen-bond donors (Lipinski definition) is 1. The topological polar surface area (TPSA) is 29.1 Å². The Morgan fingerprint density at radius 3 is 2.44 bits per heavy atom. The molecule has 0 heterocycles. The van der Waals surface area contributed by atoms with E-state index in [1.165, 1.54) is 0 Å². The molecular weight excluding hydrogens is 184 g/mol. The van der Waals surface area contributed by atoms with Crippen LogP contribution in [0.4, 0.5) is 0 Å². The zero-order valence-corrected chi connectivity index (χ0v) is 6.80. The van der Waals surface area contributed by atoms with Gasteiger partial charge in [0.05, 0.1) is 0 Å². The molecule has 5 heteroatoms. The normalized spacial score (nSPS) is 9.78. The fourth-order valence-electron chi connectivity index (χ4n) is 0.248. The highest BCUT2D eigenvalue weighted by atomic mass is 35.5. The molecule has 1 N–H and O–H groups in total. The van der Waals surface area contributed by atoms with E-state index in [1.54, 1.807) is 0 Å². The first-order valence-corrected chi connectivity index (χ1v) is 3.71. The van der Waals surface area contributed by atoms with Gasteiger partial charge in [0.15, 0.2) is 4.84 Å². The van der Waals surface area contributed by atoms with Gasteiger partial charge in [-0.3, -0.25) is 4.79 Å². The molecule has 0 aliphatic rings. The summed E-state index contributed by atoms with van der Waals surface area (Å²) in [6.45, 7) is 0.399. The quantitative estimate of drug-likeness (QED) is 0.665. The van der Waals surface area contributed by atoms with Crippen molar-refractivity contribution in [2.45, 2.75) is 4.84 Å². The lowest BCUT2D eigenvalue weighted by Crippen LogP contribution is -2.29. The fourth-order valence-corrected chi connectivity index (χ4v) is 0.496. The van der Waals surface area contributed by atoms with Crippen molar-refractivity contribution >= 4 is 40.7 Å². The van der Waals surface area contributed by atoms with Crippen LogP contribution in [0.15, 0.2) is 0 Å². The van der Waals surface area contributed by atoms with Crippen LogP contribution >= 0.6 is 34.8 Å². The molecule has 9 heavy (non-hydrogen) atoms. The molecule has 0 aliphatic carbocycles. The summed E-state index contributed by atoms with van der Waals surface area (Å²) in [5.41, 5.74) is 0. The van der Waals surface area contributed by atoms with Crippen LogP contribution in [-0.4, -0.2) is 23.2 Å². The first-order chi connectivity index (χ1) is 4.18. The van der Waals surface area contributed by atoms with Gasteiger partial charge in [-0.15, -0.1) is 11.6 Å². The Morgan fingerprint density at radius 2 is 2.11 bits per heavy atom. The highest BCUT2D eigenvalue weighted by Gasteiger charge is 2.08. The van der Waals surface area contributed by atoms with E-state index in [-0.39, 0.29) is 0 Å². The maximum atomic E-state index is 10.5. The molecule has 0 radical (unpaired) electrons. The third-order valence-electron chi connectivity index (χ3n) is 0.592. The second kappa shape index (κ2) is 5.15. The molecule has 0 aromatic carbocycles. The summed E-state index contributed by atoms with van der Waals surface area (Å²) in [7, 11) is 0. The zero-order chi connectivity index (χ0) is 7.28. The predicted octanol–water partition coefficient (Wildman–Crippen LogP) is 1.15. The van der Waals surface area contributed by atoms with Crippen molar-refractivity contribution in [1.82, 2.24) is 5.32 Å². The molecule has 0 aliphatic heterocycles. The monoisotopic (exact) mass is 189 g/mol. The van der Waals surface area contributed by atoms with Crippen LogP contribution in [0.3, 0.4) is 0 Å². The largest absolute Gasteiger partial charge is 0.353 e. The van der Waals surface area contributed by atoms with E-state index in [0.717, 1.165) is 0 Å². The number of nitrogens with one attached hydrogen (secondary N) is 1. The summed E-state index contributed by atoms with van der Waals surface area (Å²) < 4.78 is 0. The molecule has 0 spiro atoms. The van der Waals surface area contributed by atoms with Crippen molar-refractivity contribution in [2.24, 2.45) is 0 Å². The summed E-state index contributed by atoms with van der Waals surface area (Å²) >= 11 is 15.6. The summed E-state index contributed by atoms with van der Waals surface area (Å²) in [5, 5.41) is 2.40. The van der Waals surface area contributed by atoms with Crippen molar-refractivity contribution in [2.75, 3.05) is 12.4 Å². The van der Waals surface area contributed by atoms with E-state index >= 15 is 0 Å². The van der Waals surface area contributed by atoms with E-state index in [9.17, 15) is 4.79 Å². The second-order valence-corrected chi connectivity index (χ2v) is 2.75. The van der Waals surface area contributed by atoms with Crippen molar-refractivity contribution < 1.29 is 4.79 Å². The maximum Gasteiger partial charge on any atom is 0.253 e. The number of carbonyl (C=O) groups excluding carboxylic acids is 1. The molecule has 54 valence electrons. The Bertz CT molecular complexity index is 95.8. The molecule has 0 atom stereocenters. The number of hydrogen-bond acceptors (Lipinski definition) is 1. The molecule has 0 aromatic rings. The van der Waals surface area contributed by atoms with Crippen LogP contribution in [0.25, 0.3) is 0 Å². The molecule has 0 aromatic heterocycles. The first-order valence-electron chi connectivity index (χ1n) is 2.30. The van der Waals surface area contributed by atoms with Crippen molar-refractivity contribution in [3.8, 4) is 0 Å². The lowest BCUT2D eigenvalue weighted by molar-refractivity contribution is -0.119. The van der Waals surface area contributed by atoms with Crippen LogP contribution in [-0.2, 0) is 4.79 Å². The molecule has 1 amide bonds. The summed E-state index contributed by atoms with van der Waals surface area (Å²) in [5.74, 6) is -0.0364. The van der Waals surface area contributed by atoms with E-state index in [4.69, 9.17) is 34.8 Å². The SMILES string of the molecule is O=C(NCCCl)C(Cl)Cl. The minimum atomic E-state index is -0.992. The van der Waals surface area contributed by atoms with E-state index in [0.29, 0.717) is 12.4 Å². The average molecular weight is 190 g/mol. The lowest BCUT2D eigenvalue weighted by atomic mass is 10.6. The van der Waals surface area contributed by atoms with Gasteiger partial charge in [0.2, 0.25) is 0 Å². The number of amides is 1. The molecule has 0 rings (SSSR count). The first kappa shape index (κ1) is 9.34. The zero-order valence-electron chi connectivity index (χ0n) is 4.53. The Morgan fingerprint density at radius 1 is 1.56 bits per heavy atom. The number of alkyl halides is 3. The third-order valence-corrected chi connectivity index (χ3v) is 1.18. The average Bonchev–Trinajstić information content (AvgIpc) is 1.82. The van der Waals surface area contributed by atoms with Crippen LogP contribution in [0.1, 0.15) is 0 Å². The maximum absolute atomic E-state index is 10.5. The number of carbonyl (C=O) groups is 1. The number of halogens is 3. The van der Waals surface area contributed by atoms with Crippen molar-refractivity contribution in [3.63, 3.8) is 0 Å². The minimum Gasteiger partial charge on any atom is -0.353 e.